The molecule has 1 saturated heterocycles. The summed E-state index contributed by atoms with van der Waals surface area (Å²) in [6.45, 7) is 6.44. The summed E-state index contributed by atoms with van der Waals surface area (Å²) in [6, 6.07) is 8.20. The molecular formula is C18H20FN3O2. The van der Waals surface area contributed by atoms with Crippen molar-refractivity contribution in [3.05, 3.63) is 53.0 Å². The maximum atomic E-state index is 13.6. The van der Waals surface area contributed by atoms with E-state index in [1.165, 1.54) is 12.1 Å². The summed E-state index contributed by atoms with van der Waals surface area (Å²) in [5.41, 5.74) is 2.01. The Kier molecular flexibility index (Phi) is 4.76. The number of pyridine rings is 1. The molecule has 0 aliphatic carbocycles. The molecule has 2 heterocycles. The van der Waals surface area contributed by atoms with E-state index >= 15 is 0 Å². The average molecular weight is 329 g/mol. The minimum absolute atomic E-state index is 0.326. The van der Waals surface area contributed by atoms with Gasteiger partial charge in [0.1, 0.15) is 11.6 Å². The minimum atomic E-state index is -0.389. The number of carbonyl (C=O) groups excluding carboxylic acids is 1. The van der Waals surface area contributed by atoms with E-state index in [4.69, 9.17) is 4.74 Å². The summed E-state index contributed by atoms with van der Waals surface area (Å²) in [6.07, 6.45) is 0. The largest absolute Gasteiger partial charge is 0.378 e. The van der Waals surface area contributed by atoms with Gasteiger partial charge in [0.25, 0.3) is 5.91 Å². The van der Waals surface area contributed by atoms with Crippen LogP contribution in [0.5, 0.6) is 0 Å². The van der Waals surface area contributed by atoms with E-state index in [9.17, 15) is 9.18 Å². The van der Waals surface area contributed by atoms with Crippen molar-refractivity contribution in [1.82, 2.24) is 4.98 Å². The second kappa shape index (κ2) is 6.97. The van der Waals surface area contributed by atoms with Gasteiger partial charge in [-0.05, 0) is 43.7 Å². The van der Waals surface area contributed by atoms with Crippen LogP contribution in [0.25, 0.3) is 0 Å². The van der Waals surface area contributed by atoms with Crippen molar-refractivity contribution in [3.8, 4) is 0 Å². The zero-order valence-electron chi connectivity index (χ0n) is 13.8. The molecule has 0 bridgehead atoms. The third-order valence-electron chi connectivity index (χ3n) is 4.17. The van der Waals surface area contributed by atoms with E-state index in [1.807, 2.05) is 19.1 Å². The highest BCUT2D eigenvalue weighted by molar-refractivity contribution is 6.05. The summed E-state index contributed by atoms with van der Waals surface area (Å²) < 4.78 is 18.9. The fourth-order valence-corrected chi connectivity index (χ4v) is 2.69. The number of amides is 1. The van der Waals surface area contributed by atoms with Crippen molar-refractivity contribution >= 4 is 17.4 Å². The smallest absolute Gasteiger partial charge is 0.256 e. The number of hydrogen-bond acceptors (Lipinski definition) is 4. The van der Waals surface area contributed by atoms with Gasteiger partial charge in [-0.25, -0.2) is 9.37 Å². The van der Waals surface area contributed by atoms with Gasteiger partial charge in [-0.2, -0.15) is 0 Å². The molecule has 1 amide bonds. The number of aromatic nitrogens is 1. The molecule has 0 spiro atoms. The Hall–Kier alpha value is -2.47. The summed E-state index contributed by atoms with van der Waals surface area (Å²) in [5.74, 6) is 0.145. The van der Waals surface area contributed by atoms with Gasteiger partial charge < -0.3 is 15.0 Å². The number of hydrogen-bond donors (Lipinski definition) is 1. The number of benzene rings is 1. The van der Waals surface area contributed by atoms with E-state index < -0.39 is 0 Å². The van der Waals surface area contributed by atoms with Crippen molar-refractivity contribution < 1.29 is 13.9 Å². The quantitative estimate of drug-likeness (QED) is 0.941. The third-order valence-corrected chi connectivity index (χ3v) is 4.17. The highest BCUT2D eigenvalue weighted by Crippen LogP contribution is 2.21. The number of morpholine rings is 1. The van der Waals surface area contributed by atoms with Crippen molar-refractivity contribution in [2.75, 3.05) is 36.5 Å². The molecule has 126 valence electrons. The van der Waals surface area contributed by atoms with Gasteiger partial charge in [0.2, 0.25) is 0 Å². The number of nitrogens with one attached hydrogen (secondary N) is 1. The fraction of sp³-hybridized carbons (Fsp3) is 0.333. The SMILES string of the molecule is Cc1nc(N2CCOCC2)ccc1NC(=O)c1cccc(F)c1C. The van der Waals surface area contributed by atoms with Crippen molar-refractivity contribution in [3.63, 3.8) is 0 Å². The zero-order valence-corrected chi connectivity index (χ0v) is 13.8. The van der Waals surface area contributed by atoms with E-state index in [2.05, 4.69) is 15.2 Å². The summed E-state index contributed by atoms with van der Waals surface area (Å²) >= 11 is 0. The molecular weight excluding hydrogens is 309 g/mol. The van der Waals surface area contributed by atoms with Crippen LogP contribution in [0.15, 0.2) is 30.3 Å². The molecule has 0 radical (unpaired) electrons. The lowest BCUT2D eigenvalue weighted by Gasteiger charge is -2.28. The van der Waals surface area contributed by atoms with Gasteiger partial charge in [0.05, 0.1) is 24.6 Å². The van der Waals surface area contributed by atoms with Crippen LogP contribution in [0.2, 0.25) is 0 Å². The lowest BCUT2D eigenvalue weighted by Crippen LogP contribution is -2.36. The molecule has 1 aromatic heterocycles. The molecule has 2 aromatic rings. The molecule has 0 unspecified atom stereocenters. The Labute approximate surface area is 140 Å². The van der Waals surface area contributed by atoms with Crippen molar-refractivity contribution in [2.45, 2.75) is 13.8 Å². The molecule has 1 aliphatic rings. The van der Waals surface area contributed by atoms with Gasteiger partial charge >= 0.3 is 0 Å². The summed E-state index contributed by atoms with van der Waals surface area (Å²) in [5, 5.41) is 2.81. The summed E-state index contributed by atoms with van der Waals surface area (Å²) in [4.78, 5) is 19.1. The number of carbonyl (C=O) groups is 1. The van der Waals surface area contributed by atoms with Gasteiger partial charge in [-0.15, -0.1) is 0 Å². The fourth-order valence-electron chi connectivity index (χ4n) is 2.69. The van der Waals surface area contributed by atoms with Crippen LogP contribution in [0.4, 0.5) is 15.9 Å². The van der Waals surface area contributed by atoms with E-state index in [-0.39, 0.29) is 11.7 Å². The van der Waals surface area contributed by atoms with Crippen LogP contribution in [0.3, 0.4) is 0 Å². The monoisotopic (exact) mass is 329 g/mol. The maximum Gasteiger partial charge on any atom is 0.256 e. The molecule has 24 heavy (non-hydrogen) atoms. The number of aryl methyl sites for hydroxylation is 1. The van der Waals surface area contributed by atoms with E-state index in [0.29, 0.717) is 30.0 Å². The molecule has 1 fully saturated rings. The second-order valence-corrected chi connectivity index (χ2v) is 5.77. The Morgan fingerprint density at radius 1 is 1.21 bits per heavy atom. The highest BCUT2D eigenvalue weighted by atomic mass is 19.1. The van der Waals surface area contributed by atoms with Gasteiger partial charge in [-0.1, -0.05) is 6.07 Å². The average Bonchev–Trinajstić information content (AvgIpc) is 2.59. The second-order valence-electron chi connectivity index (χ2n) is 5.77. The minimum Gasteiger partial charge on any atom is -0.378 e. The molecule has 1 aliphatic heterocycles. The Bertz CT molecular complexity index is 758. The number of halogens is 1. The first-order valence-corrected chi connectivity index (χ1v) is 7.93. The predicted molar refractivity (Wildman–Crippen MR) is 91.1 cm³/mol. The first-order chi connectivity index (χ1) is 11.6. The van der Waals surface area contributed by atoms with Crippen LogP contribution < -0.4 is 10.2 Å². The van der Waals surface area contributed by atoms with Gasteiger partial charge in [0, 0.05) is 18.7 Å². The number of anilines is 2. The maximum absolute atomic E-state index is 13.6. The highest BCUT2D eigenvalue weighted by Gasteiger charge is 2.16. The lowest BCUT2D eigenvalue weighted by atomic mass is 10.1. The van der Waals surface area contributed by atoms with Gasteiger partial charge in [0.15, 0.2) is 0 Å². The molecule has 1 N–H and O–H groups in total. The molecule has 0 saturated carbocycles. The first-order valence-electron chi connectivity index (χ1n) is 7.93. The van der Waals surface area contributed by atoms with E-state index in [1.54, 1.807) is 13.0 Å². The summed E-state index contributed by atoms with van der Waals surface area (Å²) in [7, 11) is 0. The van der Waals surface area contributed by atoms with Crippen LogP contribution in [-0.2, 0) is 4.74 Å². The molecule has 5 nitrogen and oxygen atoms in total. The predicted octanol–water partition coefficient (Wildman–Crippen LogP) is 2.93. The van der Waals surface area contributed by atoms with Gasteiger partial charge in [-0.3, -0.25) is 4.79 Å². The van der Waals surface area contributed by atoms with E-state index in [0.717, 1.165) is 24.6 Å². The van der Waals surface area contributed by atoms with Crippen LogP contribution in [0.1, 0.15) is 21.6 Å². The lowest BCUT2D eigenvalue weighted by molar-refractivity contribution is 0.102. The van der Waals surface area contributed by atoms with Crippen LogP contribution in [-0.4, -0.2) is 37.2 Å². The topological polar surface area (TPSA) is 54.5 Å². The molecule has 1 aromatic carbocycles. The first kappa shape index (κ1) is 16.4. The molecule has 0 atom stereocenters. The Balaban J connectivity index is 1.77. The zero-order chi connectivity index (χ0) is 17.1. The Morgan fingerprint density at radius 2 is 1.96 bits per heavy atom. The molecule has 3 rings (SSSR count). The van der Waals surface area contributed by atoms with Crippen LogP contribution in [0, 0.1) is 19.7 Å². The Morgan fingerprint density at radius 3 is 2.67 bits per heavy atom. The molecule has 6 heteroatoms. The van der Waals surface area contributed by atoms with Crippen molar-refractivity contribution in [1.29, 1.82) is 0 Å². The van der Waals surface area contributed by atoms with Crippen LogP contribution >= 0.6 is 0 Å². The number of ether oxygens (including phenoxy) is 1. The normalized spacial score (nSPS) is 14.5. The number of nitrogens with zero attached hydrogens (tertiary/aromatic N) is 2. The standard InChI is InChI=1S/C18H20FN3O2/c1-12-14(4-3-5-15(12)19)18(23)21-16-6-7-17(20-13(16)2)22-8-10-24-11-9-22/h3-7H,8-11H2,1-2H3,(H,21,23). The third kappa shape index (κ3) is 3.38. The number of rotatable bonds is 3. The van der Waals surface area contributed by atoms with Crippen molar-refractivity contribution in [2.24, 2.45) is 0 Å².